The summed E-state index contributed by atoms with van der Waals surface area (Å²) < 4.78 is 0. The highest BCUT2D eigenvalue weighted by Crippen LogP contribution is 2.33. The molecule has 21 heavy (non-hydrogen) atoms. The second-order valence-corrected chi connectivity index (χ2v) is 5.94. The van der Waals surface area contributed by atoms with Crippen molar-refractivity contribution >= 4 is 11.6 Å². The molecular formula is C17H26N2O2. The minimum Gasteiger partial charge on any atom is -0.396 e. The van der Waals surface area contributed by atoms with Gasteiger partial charge in [-0.05, 0) is 49.9 Å². The van der Waals surface area contributed by atoms with Gasteiger partial charge in [-0.15, -0.1) is 0 Å². The monoisotopic (exact) mass is 290 g/mol. The van der Waals surface area contributed by atoms with E-state index in [1.54, 1.807) is 0 Å². The predicted molar refractivity (Wildman–Crippen MR) is 85.3 cm³/mol. The molecule has 1 aliphatic heterocycles. The number of amides is 1. The van der Waals surface area contributed by atoms with E-state index in [1.807, 2.05) is 24.3 Å². The van der Waals surface area contributed by atoms with E-state index in [0.717, 1.165) is 50.0 Å². The largest absolute Gasteiger partial charge is 0.396 e. The molecule has 0 bridgehead atoms. The summed E-state index contributed by atoms with van der Waals surface area (Å²) in [6.07, 6.45) is 4.61. The van der Waals surface area contributed by atoms with Crippen LogP contribution < -0.4 is 10.6 Å². The number of benzene rings is 1. The number of hydrogen-bond donors (Lipinski definition) is 3. The van der Waals surface area contributed by atoms with Crippen LogP contribution in [-0.4, -0.2) is 30.7 Å². The lowest BCUT2D eigenvalue weighted by atomic mass is 9.76. The van der Waals surface area contributed by atoms with Crippen LogP contribution in [0.15, 0.2) is 24.3 Å². The fourth-order valence-corrected chi connectivity index (χ4v) is 3.11. The molecule has 1 amide bonds. The maximum atomic E-state index is 12.7. The zero-order valence-electron chi connectivity index (χ0n) is 12.8. The number of carbonyl (C=O) groups excluding carboxylic acids is 1. The first kappa shape index (κ1) is 16.0. The smallest absolute Gasteiger partial charge is 0.231 e. The molecule has 1 aromatic carbocycles. The lowest BCUT2D eigenvalue weighted by Crippen LogP contribution is -2.48. The summed E-state index contributed by atoms with van der Waals surface area (Å²) in [7, 11) is 0. The van der Waals surface area contributed by atoms with Crippen molar-refractivity contribution in [2.24, 2.45) is 5.41 Å². The van der Waals surface area contributed by atoms with E-state index in [2.05, 4.69) is 17.6 Å². The molecule has 0 aliphatic carbocycles. The number of piperidine rings is 1. The molecule has 0 saturated carbocycles. The Labute approximate surface area is 126 Å². The van der Waals surface area contributed by atoms with Crippen molar-refractivity contribution in [3.63, 3.8) is 0 Å². The Hall–Kier alpha value is -1.39. The number of aliphatic hydroxyl groups excluding tert-OH is 1. The van der Waals surface area contributed by atoms with Crippen molar-refractivity contribution in [3.8, 4) is 0 Å². The highest BCUT2D eigenvalue weighted by molar-refractivity contribution is 5.95. The van der Waals surface area contributed by atoms with E-state index >= 15 is 0 Å². The van der Waals surface area contributed by atoms with E-state index < -0.39 is 0 Å². The van der Waals surface area contributed by atoms with Crippen molar-refractivity contribution in [3.05, 3.63) is 29.8 Å². The van der Waals surface area contributed by atoms with Crippen molar-refractivity contribution in [1.29, 1.82) is 0 Å². The lowest BCUT2D eigenvalue weighted by Gasteiger charge is -2.36. The minimum atomic E-state index is -0.267. The van der Waals surface area contributed by atoms with Crippen LogP contribution in [0.1, 0.15) is 38.2 Å². The van der Waals surface area contributed by atoms with Crippen molar-refractivity contribution in [2.45, 2.75) is 39.0 Å². The molecule has 0 radical (unpaired) electrons. The van der Waals surface area contributed by atoms with Crippen molar-refractivity contribution < 1.29 is 9.90 Å². The number of rotatable bonds is 6. The molecular weight excluding hydrogens is 264 g/mol. The molecule has 1 heterocycles. The van der Waals surface area contributed by atoms with E-state index in [1.165, 1.54) is 0 Å². The summed E-state index contributed by atoms with van der Waals surface area (Å²) in [5.74, 6) is 0.131. The van der Waals surface area contributed by atoms with Crippen LogP contribution in [0.25, 0.3) is 0 Å². The molecule has 116 valence electrons. The topological polar surface area (TPSA) is 61.4 Å². The first-order valence-corrected chi connectivity index (χ1v) is 7.92. The van der Waals surface area contributed by atoms with Gasteiger partial charge in [-0.2, -0.15) is 0 Å². The zero-order chi connectivity index (χ0) is 15.1. The Morgan fingerprint density at radius 2 is 2.14 bits per heavy atom. The Kier molecular flexibility index (Phi) is 5.76. The van der Waals surface area contributed by atoms with Gasteiger partial charge in [0.05, 0.1) is 5.41 Å². The van der Waals surface area contributed by atoms with Crippen LogP contribution in [0.2, 0.25) is 0 Å². The SMILES string of the molecule is CCCC1(C(=O)Nc2ccc(CCO)cc2)CCCNC1. The highest BCUT2D eigenvalue weighted by Gasteiger charge is 2.38. The normalized spacial score (nSPS) is 22.0. The highest BCUT2D eigenvalue weighted by atomic mass is 16.3. The summed E-state index contributed by atoms with van der Waals surface area (Å²) in [6, 6.07) is 7.74. The standard InChI is InChI=1S/C17H26N2O2/c1-2-9-17(10-3-11-18-13-17)16(21)19-15-6-4-14(5-7-15)8-12-20/h4-7,18,20H,2-3,8-13H2,1H3,(H,19,21). The minimum absolute atomic E-state index is 0.131. The van der Waals surface area contributed by atoms with Crippen LogP contribution in [-0.2, 0) is 11.2 Å². The Bertz CT molecular complexity index is 445. The van der Waals surface area contributed by atoms with E-state index in [9.17, 15) is 4.79 Å². The van der Waals surface area contributed by atoms with Crippen molar-refractivity contribution in [1.82, 2.24) is 5.32 Å². The predicted octanol–water partition coefficient (Wildman–Crippen LogP) is 2.33. The fourth-order valence-electron chi connectivity index (χ4n) is 3.11. The molecule has 0 aromatic heterocycles. The Balaban J connectivity index is 2.04. The number of anilines is 1. The second-order valence-electron chi connectivity index (χ2n) is 5.94. The van der Waals surface area contributed by atoms with E-state index in [-0.39, 0.29) is 17.9 Å². The molecule has 4 heteroatoms. The van der Waals surface area contributed by atoms with Gasteiger partial charge in [0.1, 0.15) is 0 Å². The maximum Gasteiger partial charge on any atom is 0.231 e. The van der Waals surface area contributed by atoms with Gasteiger partial charge in [0.2, 0.25) is 5.91 Å². The summed E-state index contributed by atoms with van der Waals surface area (Å²) in [4.78, 5) is 12.7. The average molecular weight is 290 g/mol. The average Bonchev–Trinajstić information content (AvgIpc) is 2.51. The van der Waals surface area contributed by atoms with Crippen LogP contribution in [0.5, 0.6) is 0 Å². The van der Waals surface area contributed by atoms with E-state index in [0.29, 0.717) is 6.42 Å². The van der Waals surface area contributed by atoms with Crippen LogP contribution >= 0.6 is 0 Å². The first-order chi connectivity index (χ1) is 10.2. The number of aliphatic hydroxyl groups is 1. The summed E-state index contributed by atoms with van der Waals surface area (Å²) in [5.41, 5.74) is 1.65. The summed E-state index contributed by atoms with van der Waals surface area (Å²) in [5, 5.41) is 15.4. The van der Waals surface area contributed by atoms with Gasteiger partial charge in [0, 0.05) is 18.8 Å². The lowest BCUT2D eigenvalue weighted by molar-refractivity contribution is -0.127. The number of nitrogens with one attached hydrogen (secondary N) is 2. The van der Waals surface area contributed by atoms with E-state index in [4.69, 9.17) is 5.11 Å². The maximum absolute atomic E-state index is 12.7. The van der Waals surface area contributed by atoms with Gasteiger partial charge in [-0.25, -0.2) is 0 Å². The number of carbonyl (C=O) groups is 1. The fraction of sp³-hybridized carbons (Fsp3) is 0.588. The molecule has 2 rings (SSSR count). The molecule has 1 atom stereocenters. The van der Waals surface area contributed by atoms with Gasteiger partial charge in [0.25, 0.3) is 0 Å². The zero-order valence-corrected chi connectivity index (χ0v) is 12.8. The molecule has 3 N–H and O–H groups in total. The third-order valence-corrected chi connectivity index (χ3v) is 4.29. The van der Waals surface area contributed by atoms with Crippen LogP contribution in [0, 0.1) is 5.41 Å². The van der Waals surface area contributed by atoms with Crippen molar-refractivity contribution in [2.75, 3.05) is 25.0 Å². The summed E-state index contributed by atoms with van der Waals surface area (Å²) >= 11 is 0. The van der Waals surface area contributed by atoms with Gasteiger partial charge in [-0.3, -0.25) is 4.79 Å². The Morgan fingerprint density at radius 3 is 2.71 bits per heavy atom. The second kappa shape index (κ2) is 7.57. The molecule has 1 saturated heterocycles. The molecule has 1 unspecified atom stereocenters. The van der Waals surface area contributed by atoms with Crippen LogP contribution in [0.4, 0.5) is 5.69 Å². The van der Waals surface area contributed by atoms with Gasteiger partial charge in [-0.1, -0.05) is 25.5 Å². The molecule has 1 aromatic rings. The molecule has 4 nitrogen and oxygen atoms in total. The van der Waals surface area contributed by atoms with Gasteiger partial charge < -0.3 is 15.7 Å². The first-order valence-electron chi connectivity index (χ1n) is 7.92. The summed E-state index contributed by atoms with van der Waals surface area (Å²) in [6.45, 7) is 4.06. The number of hydrogen-bond acceptors (Lipinski definition) is 3. The third kappa shape index (κ3) is 4.05. The van der Waals surface area contributed by atoms with Crippen LogP contribution in [0.3, 0.4) is 0 Å². The van der Waals surface area contributed by atoms with Gasteiger partial charge >= 0.3 is 0 Å². The molecule has 0 spiro atoms. The Morgan fingerprint density at radius 1 is 1.38 bits per heavy atom. The molecule has 1 aliphatic rings. The molecule has 1 fully saturated rings. The third-order valence-electron chi connectivity index (χ3n) is 4.29. The quantitative estimate of drug-likeness (QED) is 0.753. The van der Waals surface area contributed by atoms with Gasteiger partial charge in [0.15, 0.2) is 0 Å².